The summed E-state index contributed by atoms with van der Waals surface area (Å²) >= 11 is 7.24. The highest BCUT2D eigenvalue weighted by atomic mass is 35.5. The molecule has 9 nitrogen and oxygen atoms in total. The van der Waals surface area contributed by atoms with E-state index in [1.165, 1.54) is 25.3 Å². The van der Waals surface area contributed by atoms with Gasteiger partial charge in [0.15, 0.2) is 11.5 Å². The first-order valence-electron chi connectivity index (χ1n) is 10.8. The molecule has 0 bridgehead atoms. The van der Waals surface area contributed by atoms with E-state index in [9.17, 15) is 25.0 Å². The van der Waals surface area contributed by atoms with Gasteiger partial charge in [0, 0.05) is 12.1 Å². The third-order valence-corrected chi connectivity index (χ3v) is 6.61. The van der Waals surface area contributed by atoms with Crippen LogP contribution in [0.5, 0.6) is 11.5 Å². The number of rotatable bonds is 8. The molecule has 1 heterocycles. The number of nitrogens with zero attached hydrogens (tertiary/aromatic N) is 3. The molecule has 0 saturated carbocycles. The maximum atomic E-state index is 13.0. The number of methoxy groups -OCH3 is 1. The fourth-order valence-electron chi connectivity index (χ4n) is 3.56. The topological polar surface area (TPSA) is 123 Å². The number of nitro benzene ring substituents is 1. The van der Waals surface area contributed by atoms with Gasteiger partial charge in [0.25, 0.3) is 16.8 Å². The van der Waals surface area contributed by atoms with Gasteiger partial charge in [-0.1, -0.05) is 29.8 Å². The van der Waals surface area contributed by atoms with Gasteiger partial charge in [0.2, 0.25) is 0 Å². The number of thioether (sulfide) groups is 1. The molecule has 37 heavy (non-hydrogen) atoms. The van der Waals surface area contributed by atoms with Crippen LogP contribution in [0.4, 0.5) is 10.5 Å². The van der Waals surface area contributed by atoms with Crippen molar-refractivity contribution in [3.05, 3.63) is 103 Å². The molecule has 0 aromatic heterocycles. The number of nitriles is 1. The van der Waals surface area contributed by atoms with Crippen molar-refractivity contribution in [2.24, 2.45) is 0 Å². The van der Waals surface area contributed by atoms with Crippen LogP contribution in [0, 0.1) is 21.4 Å². The van der Waals surface area contributed by atoms with E-state index in [0.717, 1.165) is 16.7 Å². The Balaban J connectivity index is 1.52. The Morgan fingerprint density at radius 1 is 1.16 bits per heavy atom. The Bertz CT molecular complexity index is 1470. The first-order chi connectivity index (χ1) is 17.8. The largest absolute Gasteiger partial charge is 0.493 e. The van der Waals surface area contributed by atoms with E-state index in [4.69, 9.17) is 21.1 Å². The minimum Gasteiger partial charge on any atom is -0.493 e. The molecule has 1 aliphatic heterocycles. The van der Waals surface area contributed by atoms with Crippen molar-refractivity contribution in [2.75, 3.05) is 7.11 Å². The molecule has 0 aliphatic carbocycles. The SMILES string of the molecule is COc1cc(/C=C2/SC(=O)N(Cc3ccccc3C#N)C2=O)cc(Cl)c1OCc1ccc([N+](=O)[O-])cc1. The van der Waals surface area contributed by atoms with Crippen molar-refractivity contribution in [3.63, 3.8) is 0 Å². The summed E-state index contributed by atoms with van der Waals surface area (Å²) in [5, 5.41) is 19.9. The van der Waals surface area contributed by atoms with Crippen LogP contribution in [0.15, 0.2) is 65.6 Å². The predicted molar refractivity (Wildman–Crippen MR) is 138 cm³/mol. The van der Waals surface area contributed by atoms with E-state index < -0.39 is 16.1 Å². The van der Waals surface area contributed by atoms with Crippen LogP contribution in [-0.2, 0) is 17.9 Å². The van der Waals surface area contributed by atoms with Gasteiger partial charge in [-0.15, -0.1) is 0 Å². The zero-order valence-electron chi connectivity index (χ0n) is 19.3. The van der Waals surface area contributed by atoms with Gasteiger partial charge in [0.1, 0.15) is 6.61 Å². The number of benzene rings is 3. The number of imide groups is 1. The third kappa shape index (κ3) is 5.74. The van der Waals surface area contributed by atoms with Gasteiger partial charge in [-0.05, 0) is 64.9 Å². The predicted octanol–water partition coefficient (Wildman–Crippen LogP) is 5.94. The molecule has 0 radical (unpaired) electrons. The van der Waals surface area contributed by atoms with Crippen molar-refractivity contribution < 1.29 is 24.0 Å². The maximum Gasteiger partial charge on any atom is 0.293 e. The number of hydrogen-bond acceptors (Lipinski definition) is 8. The van der Waals surface area contributed by atoms with Crippen molar-refractivity contribution in [2.45, 2.75) is 13.2 Å². The molecule has 4 rings (SSSR count). The summed E-state index contributed by atoms with van der Waals surface area (Å²) in [7, 11) is 1.44. The Morgan fingerprint density at radius 2 is 1.89 bits per heavy atom. The second kappa shape index (κ2) is 11.2. The van der Waals surface area contributed by atoms with E-state index >= 15 is 0 Å². The molecule has 1 aliphatic rings. The van der Waals surface area contributed by atoms with Crippen LogP contribution in [0.1, 0.15) is 22.3 Å². The number of hydrogen-bond donors (Lipinski definition) is 0. The van der Waals surface area contributed by atoms with Gasteiger partial charge < -0.3 is 9.47 Å². The third-order valence-electron chi connectivity index (χ3n) is 5.42. The summed E-state index contributed by atoms with van der Waals surface area (Å²) in [5.74, 6) is 0.0973. The Kier molecular flexibility index (Phi) is 7.77. The minimum absolute atomic E-state index is 0.00869. The molecule has 3 aromatic carbocycles. The van der Waals surface area contributed by atoms with E-state index in [0.29, 0.717) is 28.0 Å². The molecule has 0 N–H and O–H groups in total. The van der Waals surface area contributed by atoms with E-state index in [-0.39, 0.29) is 34.5 Å². The molecule has 2 amide bonds. The normalized spacial score (nSPS) is 14.1. The van der Waals surface area contributed by atoms with Crippen LogP contribution in [0.3, 0.4) is 0 Å². The first kappa shape index (κ1) is 25.8. The minimum atomic E-state index is -0.483. The Hall–Kier alpha value is -4.33. The summed E-state index contributed by atoms with van der Waals surface area (Å²) in [4.78, 5) is 37.1. The lowest BCUT2D eigenvalue weighted by atomic mass is 10.1. The van der Waals surface area contributed by atoms with Crippen LogP contribution < -0.4 is 9.47 Å². The zero-order valence-corrected chi connectivity index (χ0v) is 20.9. The molecule has 0 atom stereocenters. The van der Waals surface area contributed by atoms with Crippen molar-refractivity contribution in [1.82, 2.24) is 4.90 Å². The van der Waals surface area contributed by atoms with Crippen molar-refractivity contribution in [1.29, 1.82) is 5.26 Å². The molecule has 0 unspecified atom stereocenters. The van der Waals surface area contributed by atoms with Gasteiger partial charge in [-0.3, -0.25) is 24.6 Å². The van der Waals surface area contributed by atoms with Gasteiger partial charge in [0.05, 0.1) is 40.1 Å². The van der Waals surface area contributed by atoms with Gasteiger partial charge in [-0.25, -0.2) is 0 Å². The highest BCUT2D eigenvalue weighted by Gasteiger charge is 2.35. The molecular weight excluding hydrogens is 518 g/mol. The number of ether oxygens (including phenoxy) is 2. The lowest BCUT2D eigenvalue weighted by molar-refractivity contribution is -0.384. The highest BCUT2D eigenvalue weighted by molar-refractivity contribution is 8.18. The number of halogens is 1. The Labute approximate surface area is 221 Å². The van der Waals surface area contributed by atoms with Crippen LogP contribution >= 0.6 is 23.4 Å². The monoisotopic (exact) mass is 535 g/mol. The fraction of sp³-hybridized carbons (Fsp3) is 0.115. The summed E-state index contributed by atoms with van der Waals surface area (Å²) in [6.45, 7) is 0.0850. The quantitative estimate of drug-likeness (QED) is 0.197. The molecule has 1 saturated heterocycles. The van der Waals surface area contributed by atoms with E-state index in [1.807, 2.05) is 0 Å². The molecular formula is C26H18ClN3O6S. The van der Waals surface area contributed by atoms with Crippen LogP contribution in [0.2, 0.25) is 5.02 Å². The lowest BCUT2D eigenvalue weighted by Crippen LogP contribution is -2.27. The van der Waals surface area contributed by atoms with Crippen molar-refractivity contribution >= 4 is 46.3 Å². The van der Waals surface area contributed by atoms with Gasteiger partial charge >= 0.3 is 0 Å². The lowest BCUT2D eigenvalue weighted by Gasteiger charge is -2.14. The van der Waals surface area contributed by atoms with Crippen LogP contribution in [0.25, 0.3) is 6.08 Å². The summed E-state index contributed by atoms with van der Waals surface area (Å²) < 4.78 is 11.2. The molecule has 11 heteroatoms. The summed E-state index contributed by atoms with van der Waals surface area (Å²) in [6.07, 6.45) is 1.54. The second-order valence-corrected chi connectivity index (χ2v) is 9.18. The molecule has 3 aromatic rings. The average molecular weight is 536 g/mol. The number of non-ortho nitro benzene ring substituents is 1. The zero-order chi connectivity index (χ0) is 26.5. The van der Waals surface area contributed by atoms with E-state index in [1.54, 1.807) is 48.5 Å². The average Bonchev–Trinajstić information content (AvgIpc) is 3.15. The second-order valence-electron chi connectivity index (χ2n) is 7.78. The molecule has 186 valence electrons. The smallest absolute Gasteiger partial charge is 0.293 e. The van der Waals surface area contributed by atoms with E-state index in [2.05, 4.69) is 6.07 Å². The number of nitro groups is 1. The Morgan fingerprint density at radius 3 is 2.57 bits per heavy atom. The number of carbonyl (C=O) groups is 2. The standard InChI is InChI=1S/C26H18ClN3O6S/c1-35-22-11-17(10-21(27)24(22)36-15-16-6-8-20(9-7-16)30(33)34)12-23-25(31)29(26(32)37-23)14-19-5-3-2-4-18(19)13-28/h2-12H,14-15H2,1H3/b23-12+. The van der Waals surface area contributed by atoms with Gasteiger partial charge in [-0.2, -0.15) is 5.26 Å². The molecule has 0 spiro atoms. The number of amides is 2. The summed E-state index contributed by atoms with van der Waals surface area (Å²) in [5.41, 5.74) is 2.16. The molecule has 1 fully saturated rings. The summed E-state index contributed by atoms with van der Waals surface area (Å²) in [6, 6.07) is 18.0. The van der Waals surface area contributed by atoms with Crippen molar-refractivity contribution in [3.8, 4) is 17.6 Å². The maximum absolute atomic E-state index is 13.0. The fourth-order valence-corrected chi connectivity index (χ4v) is 4.67. The van der Waals surface area contributed by atoms with Crippen LogP contribution in [-0.4, -0.2) is 28.1 Å². The first-order valence-corrected chi connectivity index (χ1v) is 12.0. The number of carbonyl (C=O) groups excluding carboxylic acids is 2. The highest BCUT2D eigenvalue weighted by Crippen LogP contribution is 2.39.